The van der Waals surface area contributed by atoms with Crippen LogP contribution in [0.2, 0.25) is 0 Å². The van der Waals surface area contributed by atoms with Crippen LogP contribution in [-0.2, 0) is 11.2 Å². The lowest BCUT2D eigenvalue weighted by atomic mass is 9.89. The molecule has 1 N–H and O–H groups in total. The van der Waals surface area contributed by atoms with Crippen molar-refractivity contribution >= 4 is 5.91 Å². The van der Waals surface area contributed by atoms with Gasteiger partial charge in [0.25, 0.3) is 0 Å². The van der Waals surface area contributed by atoms with Gasteiger partial charge < -0.3 is 10.2 Å². The SMILES string of the molecule is Cc1cccc(CC(=O)N2CCCC(C3CCCN3)C2)c1. The van der Waals surface area contributed by atoms with Crippen molar-refractivity contribution in [3.05, 3.63) is 35.4 Å². The Hall–Kier alpha value is -1.35. The number of piperidine rings is 1. The summed E-state index contributed by atoms with van der Waals surface area (Å²) < 4.78 is 0. The number of aryl methyl sites for hydroxylation is 1. The third kappa shape index (κ3) is 3.65. The van der Waals surface area contributed by atoms with Gasteiger partial charge in [0.05, 0.1) is 6.42 Å². The Morgan fingerprint density at radius 2 is 2.24 bits per heavy atom. The van der Waals surface area contributed by atoms with Crippen molar-refractivity contribution in [2.75, 3.05) is 19.6 Å². The molecule has 2 fully saturated rings. The second kappa shape index (κ2) is 6.61. The molecular weight excluding hydrogens is 260 g/mol. The Morgan fingerprint density at radius 3 is 3.00 bits per heavy atom. The first-order valence-electron chi connectivity index (χ1n) is 8.29. The summed E-state index contributed by atoms with van der Waals surface area (Å²) in [6, 6.07) is 8.94. The highest BCUT2D eigenvalue weighted by Gasteiger charge is 2.30. The van der Waals surface area contributed by atoms with Crippen molar-refractivity contribution < 1.29 is 4.79 Å². The zero-order valence-corrected chi connectivity index (χ0v) is 13.0. The average molecular weight is 286 g/mol. The molecule has 3 nitrogen and oxygen atoms in total. The van der Waals surface area contributed by atoms with Gasteiger partial charge in [0.15, 0.2) is 0 Å². The van der Waals surface area contributed by atoms with Gasteiger partial charge in [0, 0.05) is 19.1 Å². The first-order chi connectivity index (χ1) is 10.2. The number of amides is 1. The molecule has 0 radical (unpaired) electrons. The number of nitrogens with one attached hydrogen (secondary N) is 1. The van der Waals surface area contributed by atoms with Crippen LogP contribution in [-0.4, -0.2) is 36.5 Å². The minimum absolute atomic E-state index is 0.295. The van der Waals surface area contributed by atoms with E-state index in [0.717, 1.165) is 31.6 Å². The number of rotatable bonds is 3. The molecule has 2 heterocycles. The summed E-state index contributed by atoms with van der Waals surface area (Å²) in [7, 11) is 0. The summed E-state index contributed by atoms with van der Waals surface area (Å²) >= 11 is 0. The zero-order chi connectivity index (χ0) is 14.7. The van der Waals surface area contributed by atoms with Crippen LogP contribution in [0.3, 0.4) is 0 Å². The molecule has 2 atom stereocenters. The second-order valence-electron chi connectivity index (χ2n) is 6.61. The van der Waals surface area contributed by atoms with Gasteiger partial charge in [-0.2, -0.15) is 0 Å². The van der Waals surface area contributed by atoms with Crippen LogP contribution < -0.4 is 5.32 Å². The van der Waals surface area contributed by atoms with Crippen LogP contribution >= 0.6 is 0 Å². The van der Waals surface area contributed by atoms with E-state index in [9.17, 15) is 4.79 Å². The number of benzene rings is 1. The molecule has 2 aliphatic heterocycles. The molecule has 3 heteroatoms. The summed E-state index contributed by atoms with van der Waals surface area (Å²) in [5.74, 6) is 0.950. The molecule has 0 spiro atoms. The predicted molar refractivity (Wildman–Crippen MR) is 85.2 cm³/mol. The molecule has 0 aliphatic carbocycles. The van der Waals surface area contributed by atoms with Crippen LogP contribution in [0.5, 0.6) is 0 Å². The quantitative estimate of drug-likeness (QED) is 0.926. The fraction of sp³-hybridized carbons (Fsp3) is 0.611. The molecule has 2 aliphatic rings. The third-order valence-corrected chi connectivity index (χ3v) is 4.92. The molecule has 1 amide bonds. The number of hydrogen-bond donors (Lipinski definition) is 1. The van der Waals surface area contributed by atoms with E-state index in [0.29, 0.717) is 24.3 Å². The smallest absolute Gasteiger partial charge is 0.226 e. The summed E-state index contributed by atoms with van der Waals surface area (Å²) in [5.41, 5.74) is 2.37. The molecule has 0 bridgehead atoms. The van der Waals surface area contributed by atoms with Gasteiger partial charge in [-0.15, -0.1) is 0 Å². The maximum atomic E-state index is 12.5. The van der Waals surface area contributed by atoms with Crippen molar-refractivity contribution in [2.24, 2.45) is 5.92 Å². The predicted octanol–water partition coefficient (Wildman–Crippen LogP) is 2.53. The monoisotopic (exact) mass is 286 g/mol. The highest BCUT2D eigenvalue weighted by atomic mass is 16.2. The Bertz CT molecular complexity index is 494. The van der Waals surface area contributed by atoms with Crippen molar-refractivity contribution in [1.29, 1.82) is 0 Å². The number of nitrogens with zero attached hydrogens (tertiary/aromatic N) is 1. The molecule has 1 aromatic carbocycles. The Labute approximate surface area is 127 Å². The van der Waals surface area contributed by atoms with Crippen molar-refractivity contribution in [2.45, 2.75) is 45.1 Å². The lowest BCUT2D eigenvalue weighted by Crippen LogP contribution is -2.46. The first-order valence-corrected chi connectivity index (χ1v) is 8.29. The highest BCUT2D eigenvalue weighted by Crippen LogP contribution is 2.25. The first kappa shape index (κ1) is 14.6. The van der Waals surface area contributed by atoms with E-state index < -0.39 is 0 Å². The summed E-state index contributed by atoms with van der Waals surface area (Å²) in [6.07, 6.45) is 5.55. The number of carbonyl (C=O) groups excluding carboxylic acids is 1. The van der Waals surface area contributed by atoms with E-state index in [4.69, 9.17) is 0 Å². The van der Waals surface area contributed by atoms with Crippen LogP contribution in [0.25, 0.3) is 0 Å². The van der Waals surface area contributed by atoms with E-state index in [1.165, 1.54) is 24.8 Å². The topological polar surface area (TPSA) is 32.3 Å². The van der Waals surface area contributed by atoms with Crippen molar-refractivity contribution in [3.63, 3.8) is 0 Å². The van der Waals surface area contributed by atoms with E-state index in [-0.39, 0.29) is 0 Å². The van der Waals surface area contributed by atoms with Gasteiger partial charge in [0.2, 0.25) is 5.91 Å². The van der Waals surface area contributed by atoms with Gasteiger partial charge in [-0.25, -0.2) is 0 Å². The molecule has 114 valence electrons. The maximum absolute atomic E-state index is 12.5. The van der Waals surface area contributed by atoms with Gasteiger partial charge in [0.1, 0.15) is 0 Å². The molecule has 3 rings (SSSR count). The average Bonchev–Trinajstić information content (AvgIpc) is 3.02. The third-order valence-electron chi connectivity index (χ3n) is 4.92. The van der Waals surface area contributed by atoms with Crippen LogP contribution in [0.15, 0.2) is 24.3 Å². The molecular formula is C18H26N2O. The van der Waals surface area contributed by atoms with E-state index in [2.05, 4.69) is 35.3 Å². The molecule has 0 aromatic heterocycles. The van der Waals surface area contributed by atoms with Crippen molar-refractivity contribution in [1.82, 2.24) is 10.2 Å². The fourth-order valence-corrected chi connectivity index (χ4v) is 3.79. The summed E-state index contributed by atoms with van der Waals surface area (Å²) in [4.78, 5) is 14.6. The lowest BCUT2D eigenvalue weighted by molar-refractivity contribution is -0.132. The number of carbonyl (C=O) groups is 1. The van der Waals surface area contributed by atoms with Gasteiger partial charge >= 0.3 is 0 Å². The Morgan fingerprint density at radius 1 is 1.33 bits per heavy atom. The standard InChI is InChI=1S/C18H26N2O/c1-14-5-2-6-15(11-14)12-18(21)20-10-4-7-16(13-20)17-8-3-9-19-17/h2,5-6,11,16-17,19H,3-4,7-10,12-13H2,1H3. The molecule has 2 saturated heterocycles. The summed E-state index contributed by atoms with van der Waals surface area (Å²) in [5, 5.41) is 3.60. The summed E-state index contributed by atoms with van der Waals surface area (Å²) in [6.45, 7) is 5.12. The normalized spacial score (nSPS) is 26.0. The molecule has 21 heavy (non-hydrogen) atoms. The molecule has 1 aromatic rings. The minimum Gasteiger partial charge on any atom is -0.342 e. The van der Waals surface area contributed by atoms with E-state index in [1.54, 1.807) is 0 Å². The highest BCUT2D eigenvalue weighted by molar-refractivity contribution is 5.79. The Balaban J connectivity index is 1.59. The largest absolute Gasteiger partial charge is 0.342 e. The Kier molecular flexibility index (Phi) is 4.59. The van der Waals surface area contributed by atoms with Crippen molar-refractivity contribution in [3.8, 4) is 0 Å². The van der Waals surface area contributed by atoms with Gasteiger partial charge in [-0.05, 0) is 50.6 Å². The minimum atomic E-state index is 0.295. The number of hydrogen-bond acceptors (Lipinski definition) is 2. The fourth-order valence-electron chi connectivity index (χ4n) is 3.79. The maximum Gasteiger partial charge on any atom is 0.226 e. The zero-order valence-electron chi connectivity index (χ0n) is 13.0. The second-order valence-corrected chi connectivity index (χ2v) is 6.61. The molecule has 2 unspecified atom stereocenters. The van der Waals surface area contributed by atoms with Crippen LogP contribution in [0, 0.1) is 12.8 Å². The van der Waals surface area contributed by atoms with Crippen LogP contribution in [0.4, 0.5) is 0 Å². The van der Waals surface area contributed by atoms with Crippen LogP contribution in [0.1, 0.15) is 36.8 Å². The van der Waals surface area contributed by atoms with E-state index in [1.807, 2.05) is 6.07 Å². The lowest BCUT2D eigenvalue weighted by Gasteiger charge is -2.36. The number of likely N-dealkylation sites (tertiary alicyclic amines) is 1. The van der Waals surface area contributed by atoms with E-state index >= 15 is 0 Å². The van der Waals surface area contributed by atoms with Gasteiger partial charge in [-0.1, -0.05) is 29.8 Å². The van der Waals surface area contributed by atoms with Gasteiger partial charge in [-0.3, -0.25) is 4.79 Å². The molecule has 0 saturated carbocycles.